The van der Waals surface area contributed by atoms with Crippen LogP contribution in [-0.2, 0) is 0 Å². The molecule has 0 bridgehead atoms. The lowest BCUT2D eigenvalue weighted by atomic mass is 9.91. The van der Waals surface area contributed by atoms with E-state index in [1.807, 2.05) is 0 Å². The number of hydrogen-bond acceptors (Lipinski definition) is 2. The Morgan fingerprint density at radius 2 is 1.93 bits per heavy atom. The third-order valence-electron chi connectivity index (χ3n) is 4.31. The Morgan fingerprint density at radius 1 is 1.27 bits per heavy atom. The summed E-state index contributed by atoms with van der Waals surface area (Å²) in [5, 5.41) is 3.39. The van der Waals surface area contributed by atoms with Gasteiger partial charge >= 0.3 is 0 Å². The molecule has 2 rings (SSSR count). The van der Waals surface area contributed by atoms with E-state index in [2.05, 4.69) is 37.9 Å². The van der Waals surface area contributed by atoms with Crippen LogP contribution in [-0.4, -0.2) is 36.6 Å². The SMILES string of the molecule is CCN(C1CNC1)C1CC(C)(C)CC1C. The molecule has 2 fully saturated rings. The van der Waals surface area contributed by atoms with Gasteiger partial charge in [-0.05, 0) is 30.7 Å². The fourth-order valence-electron chi connectivity index (χ4n) is 3.57. The van der Waals surface area contributed by atoms with Gasteiger partial charge in [0, 0.05) is 25.2 Å². The maximum Gasteiger partial charge on any atom is 0.0348 e. The molecular weight excluding hydrogens is 184 g/mol. The van der Waals surface area contributed by atoms with Crippen molar-refractivity contribution in [2.45, 2.75) is 52.6 Å². The van der Waals surface area contributed by atoms with Gasteiger partial charge in [0.15, 0.2) is 0 Å². The van der Waals surface area contributed by atoms with E-state index in [0.29, 0.717) is 5.41 Å². The quantitative estimate of drug-likeness (QED) is 0.767. The third-order valence-corrected chi connectivity index (χ3v) is 4.31. The molecule has 1 heterocycles. The van der Waals surface area contributed by atoms with Crippen LogP contribution in [0.1, 0.15) is 40.5 Å². The second-order valence-corrected chi connectivity index (χ2v) is 6.26. The van der Waals surface area contributed by atoms with Crippen molar-refractivity contribution >= 4 is 0 Å². The summed E-state index contributed by atoms with van der Waals surface area (Å²) in [6, 6.07) is 1.65. The number of nitrogens with one attached hydrogen (secondary N) is 1. The first-order chi connectivity index (χ1) is 7.03. The lowest BCUT2D eigenvalue weighted by Crippen LogP contribution is -2.60. The van der Waals surface area contributed by atoms with Gasteiger partial charge in [-0.15, -0.1) is 0 Å². The van der Waals surface area contributed by atoms with Crippen LogP contribution in [0.25, 0.3) is 0 Å². The van der Waals surface area contributed by atoms with Crippen LogP contribution in [0.4, 0.5) is 0 Å². The zero-order chi connectivity index (χ0) is 11.1. The topological polar surface area (TPSA) is 15.3 Å². The average Bonchev–Trinajstić information content (AvgIpc) is 2.32. The molecule has 1 aliphatic heterocycles. The van der Waals surface area contributed by atoms with Gasteiger partial charge in [-0.2, -0.15) is 0 Å². The zero-order valence-electron chi connectivity index (χ0n) is 10.7. The van der Waals surface area contributed by atoms with Crippen LogP contribution < -0.4 is 5.32 Å². The minimum atomic E-state index is 0.564. The number of hydrogen-bond donors (Lipinski definition) is 1. The highest BCUT2D eigenvalue weighted by molar-refractivity contribution is 4.97. The predicted molar refractivity (Wildman–Crippen MR) is 65.0 cm³/mol. The average molecular weight is 210 g/mol. The van der Waals surface area contributed by atoms with Crippen LogP contribution in [0.3, 0.4) is 0 Å². The van der Waals surface area contributed by atoms with Gasteiger partial charge in [0.2, 0.25) is 0 Å². The molecule has 1 saturated carbocycles. The molecule has 0 amide bonds. The minimum Gasteiger partial charge on any atom is -0.314 e. The van der Waals surface area contributed by atoms with Crippen LogP contribution in [0.2, 0.25) is 0 Å². The Labute approximate surface area is 94.4 Å². The van der Waals surface area contributed by atoms with Gasteiger partial charge in [0.05, 0.1) is 0 Å². The first-order valence-electron chi connectivity index (χ1n) is 6.50. The normalized spacial score (nSPS) is 35.8. The standard InChI is InChI=1S/C13H26N2/c1-5-15(11-8-14-9-11)12-7-13(3,4)6-10(12)2/h10-12,14H,5-9H2,1-4H3. The molecule has 88 valence electrons. The van der Waals surface area contributed by atoms with Crippen LogP contribution in [0.5, 0.6) is 0 Å². The molecule has 1 saturated heterocycles. The summed E-state index contributed by atoms with van der Waals surface area (Å²) in [6.07, 6.45) is 2.78. The largest absolute Gasteiger partial charge is 0.314 e. The van der Waals surface area contributed by atoms with Crippen LogP contribution in [0.15, 0.2) is 0 Å². The maximum atomic E-state index is 3.39. The summed E-state index contributed by atoms with van der Waals surface area (Å²) in [6.45, 7) is 13.2. The number of likely N-dealkylation sites (N-methyl/N-ethyl adjacent to an activating group) is 1. The predicted octanol–water partition coefficient (Wildman–Crippen LogP) is 2.10. The summed E-state index contributed by atoms with van der Waals surface area (Å²) in [5.74, 6) is 0.876. The van der Waals surface area contributed by atoms with Crippen molar-refractivity contribution in [1.29, 1.82) is 0 Å². The molecule has 0 aromatic heterocycles. The lowest BCUT2D eigenvalue weighted by molar-refractivity contribution is 0.0807. The van der Waals surface area contributed by atoms with E-state index in [4.69, 9.17) is 0 Å². The molecule has 2 atom stereocenters. The maximum absolute atomic E-state index is 3.39. The summed E-state index contributed by atoms with van der Waals surface area (Å²) < 4.78 is 0. The number of nitrogens with zero attached hydrogens (tertiary/aromatic N) is 1. The highest BCUT2D eigenvalue weighted by atomic mass is 15.3. The molecule has 0 radical (unpaired) electrons. The van der Waals surface area contributed by atoms with Gasteiger partial charge < -0.3 is 5.32 Å². The molecule has 15 heavy (non-hydrogen) atoms. The lowest BCUT2D eigenvalue weighted by Gasteiger charge is -2.43. The zero-order valence-corrected chi connectivity index (χ0v) is 10.7. The molecular formula is C13H26N2. The molecule has 2 nitrogen and oxygen atoms in total. The van der Waals surface area contributed by atoms with Crippen molar-refractivity contribution in [2.24, 2.45) is 11.3 Å². The van der Waals surface area contributed by atoms with Crippen molar-refractivity contribution in [3.63, 3.8) is 0 Å². The van der Waals surface area contributed by atoms with E-state index in [9.17, 15) is 0 Å². The van der Waals surface area contributed by atoms with Crippen LogP contribution >= 0.6 is 0 Å². The second-order valence-electron chi connectivity index (χ2n) is 6.26. The minimum absolute atomic E-state index is 0.564. The Balaban J connectivity index is 2.01. The van der Waals surface area contributed by atoms with Gasteiger partial charge in [-0.1, -0.05) is 27.7 Å². The van der Waals surface area contributed by atoms with E-state index >= 15 is 0 Å². The van der Waals surface area contributed by atoms with Gasteiger partial charge in [0.25, 0.3) is 0 Å². The van der Waals surface area contributed by atoms with Crippen molar-refractivity contribution in [3.8, 4) is 0 Å². The first kappa shape index (κ1) is 11.4. The van der Waals surface area contributed by atoms with Crippen molar-refractivity contribution < 1.29 is 0 Å². The summed E-state index contributed by atoms with van der Waals surface area (Å²) >= 11 is 0. The Bertz CT molecular complexity index is 221. The van der Waals surface area contributed by atoms with E-state index in [-0.39, 0.29) is 0 Å². The molecule has 0 aromatic carbocycles. The van der Waals surface area contributed by atoms with Crippen molar-refractivity contribution in [3.05, 3.63) is 0 Å². The molecule has 2 unspecified atom stereocenters. The van der Waals surface area contributed by atoms with Crippen molar-refractivity contribution in [2.75, 3.05) is 19.6 Å². The highest BCUT2D eigenvalue weighted by Crippen LogP contribution is 2.43. The Hall–Kier alpha value is -0.0800. The molecule has 0 spiro atoms. The summed E-state index contributed by atoms with van der Waals surface area (Å²) in [7, 11) is 0. The van der Waals surface area contributed by atoms with E-state index in [0.717, 1.165) is 18.0 Å². The van der Waals surface area contributed by atoms with E-state index in [1.165, 1.54) is 32.5 Å². The fraction of sp³-hybridized carbons (Fsp3) is 1.00. The second kappa shape index (κ2) is 4.06. The van der Waals surface area contributed by atoms with E-state index in [1.54, 1.807) is 0 Å². The van der Waals surface area contributed by atoms with Gasteiger partial charge in [0.1, 0.15) is 0 Å². The van der Waals surface area contributed by atoms with Gasteiger partial charge in [-0.25, -0.2) is 0 Å². The monoisotopic (exact) mass is 210 g/mol. The third kappa shape index (κ3) is 2.21. The Morgan fingerprint density at radius 3 is 2.27 bits per heavy atom. The summed E-state index contributed by atoms with van der Waals surface area (Å²) in [5.41, 5.74) is 0.564. The fourth-order valence-corrected chi connectivity index (χ4v) is 3.57. The molecule has 1 aliphatic carbocycles. The Kier molecular flexibility index (Phi) is 3.09. The summed E-state index contributed by atoms with van der Waals surface area (Å²) in [4.78, 5) is 2.75. The van der Waals surface area contributed by atoms with Gasteiger partial charge in [-0.3, -0.25) is 4.90 Å². The molecule has 2 heteroatoms. The van der Waals surface area contributed by atoms with E-state index < -0.39 is 0 Å². The highest BCUT2D eigenvalue weighted by Gasteiger charge is 2.41. The molecule has 0 aromatic rings. The molecule has 2 aliphatic rings. The number of rotatable bonds is 3. The van der Waals surface area contributed by atoms with Crippen molar-refractivity contribution in [1.82, 2.24) is 10.2 Å². The van der Waals surface area contributed by atoms with Crippen LogP contribution in [0, 0.1) is 11.3 Å². The smallest absolute Gasteiger partial charge is 0.0348 e. The first-order valence-corrected chi connectivity index (χ1v) is 6.50. The molecule has 1 N–H and O–H groups in total.